The summed E-state index contributed by atoms with van der Waals surface area (Å²) >= 11 is 0. The molecule has 0 fully saturated rings. The van der Waals surface area contributed by atoms with Crippen LogP contribution in [0.3, 0.4) is 0 Å². The average Bonchev–Trinajstić information content (AvgIpc) is 3.44. The van der Waals surface area contributed by atoms with Crippen LogP contribution < -0.4 is 15.0 Å². The normalized spacial score (nSPS) is 19.3. The van der Waals surface area contributed by atoms with Crippen molar-refractivity contribution in [2.45, 2.75) is 18.7 Å². The van der Waals surface area contributed by atoms with Gasteiger partial charge in [-0.2, -0.15) is 0 Å². The average molecular weight is 468 g/mol. The van der Waals surface area contributed by atoms with Gasteiger partial charge < -0.3 is 23.9 Å². The van der Waals surface area contributed by atoms with Gasteiger partial charge in [0.05, 0.1) is 29.0 Å². The molecule has 2 aromatic heterocycles. The summed E-state index contributed by atoms with van der Waals surface area (Å²) in [6.45, 7) is -0.0185. The highest BCUT2D eigenvalue weighted by Crippen LogP contribution is 2.45. The largest absolute Gasteiger partial charge is 0.459 e. The molecule has 2 aromatic carbocycles. The second-order valence-electron chi connectivity index (χ2n) is 8.70. The first kappa shape index (κ1) is 20.2. The van der Waals surface area contributed by atoms with Gasteiger partial charge in [0.2, 0.25) is 6.79 Å². The van der Waals surface area contributed by atoms with E-state index in [0.717, 1.165) is 22.1 Å². The maximum atomic E-state index is 13.7. The Balaban J connectivity index is 1.56. The SMILES string of the molecule is [B][C@@]1(O)C(=O)OCc2c1cc1n(c2=O)Cc2c-1nc1cc3c(cc1c2-c1ccc(F)cc1)OCO3. The number of carbonyl (C=O) groups is 1. The molecule has 0 aliphatic carbocycles. The van der Waals surface area contributed by atoms with E-state index in [2.05, 4.69) is 0 Å². The Labute approximate surface area is 197 Å². The smallest absolute Gasteiger partial charge is 0.333 e. The molecule has 170 valence electrons. The molecule has 3 aliphatic rings. The van der Waals surface area contributed by atoms with Crippen molar-refractivity contribution in [2.24, 2.45) is 0 Å². The van der Waals surface area contributed by atoms with Crippen LogP contribution in [0, 0.1) is 5.82 Å². The minimum absolute atomic E-state index is 0.00577. The lowest BCUT2D eigenvalue weighted by atomic mass is 9.73. The first-order valence-corrected chi connectivity index (χ1v) is 10.8. The number of nitrogens with zero attached hydrogens (tertiary/aromatic N) is 2. The molecule has 2 radical (unpaired) electrons. The lowest BCUT2D eigenvalue weighted by Gasteiger charge is -2.30. The van der Waals surface area contributed by atoms with Gasteiger partial charge >= 0.3 is 5.97 Å². The number of ether oxygens (including phenoxy) is 3. The Hall–Kier alpha value is -4.18. The van der Waals surface area contributed by atoms with Crippen molar-refractivity contribution in [2.75, 3.05) is 6.79 Å². The molecular weight excluding hydrogens is 454 g/mol. The number of rotatable bonds is 1. The van der Waals surface area contributed by atoms with Crippen LogP contribution in [0.2, 0.25) is 0 Å². The van der Waals surface area contributed by atoms with Crippen LogP contribution in [0.25, 0.3) is 33.4 Å². The number of esters is 1. The lowest BCUT2D eigenvalue weighted by molar-refractivity contribution is -0.162. The van der Waals surface area contributed by atoms with E-state index in [9.17, 15) is 19.1 Å². The van der Waals surface area contributed by atoms with Crippen LogP contribution in [0.5, 0.6) is 11.5 Å². The highest BCUT2D eigenvalue weighted by Gasteiger charge is 2.42. The van der Waals surface area contributed by atoms with Gasteiger partial charge in [-0.05, 0) is 41.0 Å². The second-order valence-corrected chi connectivity index (χ2v) is 8.70. The standard InChI is InChI=1S/C25H14BFN2O6/c26-25(32)16-6-18-22-14(8-29(18)23(30)15(16)9-33-24(25)31)21(11-1-3-12(27)4-2-11)13-5-19-20(35-10-34-19)7-17(13)28-22/h1-7,32H,8-10H2/t25-/m0/s1. The predicted molar refractivity (Wildman–Crippen MR) is 122 cm³/mol. The molecule has 0 saturated carbocycles. The molecule has 0 unspecified atom stereocenters. The van der Waals surface area contributed by atoms with Gasteiger partial charge in [-0.15, -0.1) is 0 Å². The molecule has 8 nitrogen and oxygen atoms in total. The second kappa shape index (κ2) is 6.70. The van der Waals surface area contributed by atoms with Gasteiger partial charge in [0, 0.05) is 17.0 Å². The van der Waals surface area contributed by atoms with Crippen LogP contribution in [-0.4, -0.2) is 35.3 Å². The zero-order valence-electron chi connectivity index (χ0n) is 18.0. The third kappa shape index (κ3) is 2.68. The van der Waals surface area contributed by atoms with E-state index >= 15 is 0 Å². The number of hydrogen-bond donors (Lipinski definition) is 1. The molecule has 0 bridgehead atoms. The number of halogens is 1. The fourth-order valence-corrected chi connectivity index (χ4v) is 5.04. The van der Waals surface area contributed by atoms with Crippen LogP contribution in [0.15, 0.2) is 47.3 Å². The van der Waals surface area contributed by atoms with Crippen molar-refractivity contribution in [1.82, 2.24) is 9.55 Å². The molecule has 5 heterocycles. The fraction of sp³-hybridized carbons (Fsp3) is 0.160. The topological polar surface area (TPSA) is 99.9 Å². The first-order valence-electron chi connectivity index (χ1n) is 10.8. The van der Waals surface area contributed by atoms with Gasteiger partial charge in [0.1, 0.15) is 25.8 Å². The van der Waals surface area contributed by atoms with E-state index < -0.39 is 17.0 Å². The van der Waals surface area contributed by atoms with Gasteiger partial charge in [0.25, 0.3) is 5.56 Å². The Morgan fingerprint density at radius 1 is 1.03 bits per heavy atom. The van der Waals surface area contributed by atoms with Crippen LogP contribution in [0.1, 0.15) is 16.7 Å². The van der Waals surface area contributed by atoms with Crippen molar-refractivity contribution in [1.29, 1.82) is 0 Å². The minimum Gasteiger partial charge on any atom is -0.459 e. The number of carbonyl (C=O) groups excluding carboxylic acids is 1. The zero-order chi connectivity index (χ0) is 24.1. The molecule has 1 atom stereocenters. The number of aliphatic hydroxyl groups is 1. The Morgan fingerprint density at radius 3 is 2.54 bits per heavy atom. The third-order valence-electron chi connectivity index (χ3n) is 6.74. The summed E-state index contributed by atoms with van der Waals surface area (Å²) in [5, 5.41) is 11.4. The lowest BCUT2D eigenvalue weighted by Crippen LogP contribution is -2.45. The number of cyclic esters (lactones) is 1. The number of hydrogen-bond acceptors (Lipinski definition) is 7. The fourth-order valence-electron chi connectivity index (χ4n) is 5.04. The number of benzene rings is 2. The van der Waals surface area contributed by atoms with Crippen molar-refractivity contribution >= 4 is 24.7 Å². The van der Waals surface area contributed by atoms with Crippen LogP contribution >= 0.6 is 0 Å². The number of pyridine rings is 2. The van der Waals surface area contributed by atoms with Gasteiger partial charge in [-0.3, -0.25) is 4.79 Å². The summed E-state index contributed by atoms with van der Waals surface area (Å²) in [7, 11) is 5.85. The van der Waals surface area contributed by atoms with E-state index in [1.807, 2.05) is 6.07 Å². The monoisotopic (exact) mass is 468 g/mol. The van der Waals surface area contributed by atoms with Crippen molar-refractivity contribution in [3.05, 3.63) is 75.3 Å². The Morgan fingerprint density at radius 2 is 1.77 bits per heavy atom. The summed E-state index contributed by atoms with van der Waals surface area (Å²) in [5.41, 5.74) is 0.921. The summed E-state index contributed by atoms with van der Waals surface area (Å²) < 4.78 is 31.3. The number of aromatic nitrogens is 2. The molecule has 35 heavy (non-hydrogen) atoms. The summed E-state index contributed by atoms with van der Waals surface area (Å²) in [5.74, 6) is -0.302. The number of fused-ring (bicyclic) bond motifs is 6. The van der Waals surface area contributed by atoms with E-state index in [4.69, 9.17) is 27.0 Å². The molecular formula is C25H14BFN2O6. The Kier molecular flexibility index (Phi) is 3.87. The molecule has 3 aliphatic heterocycles. The van der Waals surface area contributed by atoms with Crippen LogP contribution in [0.4, 0.5) is 4.39 Å². The van der Waals surface area contributed by atoms with Crippen LogP contribution in [-0.2, 0) is 28.2 Å². The van der Waals surface area contributed by atoms with Crippen molar-refractivity contribution < 1.29 is 28.5 Å². The van der Waals surface area contributed by atoms with E-state index in [-0.39, 0.29) is 36.9 Å². The maximum absolute atomic E-state index is 13.7. The third-order valence-corrected chi connectivity index (χ3v) is 6.74. The molecule has 7 rings (SSSR count). The first-order chi connectivity index (χ1) is 16.8. The van der Waals surface area contributed by atoms with Gasteiger partial charge in [-0.1, -0.05) is 12.1 Å². The van der Waals surface area contributed by atoms with Crippen molar-refractivity contribution in [3.63, 3.8) is 0 Å². The molecule has 4 aromatic rings. The maximum Gasteiger partial charge on any atom is 0.333 e. The van der Waals surface area contributed by atoms with Gasteiger partial charge in [0.15, 0.2) is 11.5 Å². The van der Waals surface area contributed by atoms with E-state index in [1.54, 1.807) is 18.2 Å². The van der Waals surface area contributed by atoms with Gasteiger partial charge in [-0.25, -0.2) is 14.2 Å². The quantitative estimate of drug-likeness (QED) is 0.298. The van der Waals surface area contributed by atoms with E-state index in [0.29, 0.717) is 28.4 Å². The Bertz CT molecular complexity index is 1680. The molecule has 0 spiro atoms. The molecule has 0 amide bonds. The zero-order valence-corrected chi connectivity index (χ0v) is 18.0. The highest BCUT2D eigenvalue weighted by molar-refractivity contribution is 6.26. The predicted octanol–water partition coefficient (Wildman–Crippen LogP) is 2.33. The minimum atomic E-state index is -2.45. The summed E-state index contributed by atoms with van der Waals surface area (Å²) in [4.78, 5) is 30.3. The summed E-state index contributed by atoms with van der Waals surface area (Å²) in [6.07, 6.45) is 0. The highest BCUT2D eigenvalue weighted by atomic mass is 19.1. The van der Waals surface area contributed by atoms with Crippen molar-refractivity contribution in [3.8, 4) is 34.0 Å². The summed E-state index contributed by atoms with van der Waals surface area (Å²) in [6, 6.07) is 11.2. The molecule has 1 N–H and O–H groups in total. The molecule has 0 saturated heterocycles. The van der Waals surface area contributed by atoms with E-state index in [1.165, 1.54) is 22.8 Å². The molecule has 10 heteroatoms.